The molecule has 0 bridgehead atoms. The lowest BCUT2D eigenvalue weighted by Crippen LogP contribution is -2.38. The minimum absolute atomic E-state index is 0.0722. The Morgan fingerprint density at radius 3 is 2.56 bits per heavy atom. The number of fused-ring (bicyclic) bond motifs is 1. The number of benzene rings is 2. The van der Waals surface area contributed by atoms with E-state index < -0.39 is 27.8 Å². The fraction of sp³-hybridized carbons (Fsp3) is 0.143. The number of thiophene rings is 1. The summed E-state index contributed by atoms with van der Waals surface area (Å²) in [4.78, 5) is 26.3. The van der Waals surface area contributed by atoms with Crippen LogP contribution < -0.4 is 29.7 Å². The number of amides is 3. The number of sulfonamides is 1. The third kappa shape index (κ3) is 4.61. The van der Waals surface area contributed by atoms with E-state index in [4.69, 9.17) is 9.47 Å². The molecule has 0 saturated heterocycles. The Bertz CT molecular complexity index is 1360. The van der Waals surface area contributed by atoms with Crippen LogP contribution in [-0.2, 0) is 10.0 Å². The van der Waals surface area contributed by atoms with Crippen molar-refractivity contribution in [3.05, 3.63) is 59.9 Å². The third-order valence-corrected chi connectivity index (χ3v) is 7.72. The quantitative estimate of drug-likeness (QED) is 0.468. The molecule has 10 nitrogen and oxygen atoms in total. The van der Waals surface area contributed by atoms with Crippen molar-refractivity contribution in [3.63, 3.8) is 0 Å². The van der Waals surface area contributed by atoms with Crippen LogP contribution in [0, 0.1) is 5.82 Å². The van der Waals surface area contributed by atoms with Gasteiger partial charge >= 0.3 is 6.03 Å². The molecule has 0 aliphatic carbocycles. The average molecular weight is 507 g/mol. The first-order chi connectivity index (χ1) is 16.2. The zero-order chi connectivity index (χ0) is 24.5. The Kier molecular flexibility index (Phi) is 6.30. The second-order valence-corrected chi connectivity index (χ2v) is 9.92. The van der Waals surface area contributed by atoms with Crippen LogP contribution in [0.2, 0.25) is 0 Å². The van der Waals surface area contributed by atoms with Gasteiger partial charge in [0.15, 0.2) is 11.8 Å². The smallest absolute Gasteiger partial charge is 0.333 e. The molecular formula is C21H19FN4O6S2. The first-order valence-corrected chi connectivity index (χ1v) is 12.1. The van der Waals surface area contributed by atoms with E-state index in [0.717, 1.165) is 17.4 Å². The summed E-state index contributed by atoms with van der Waals surface area (Å²) in [6.07, 6.45) is 0. The summed E-state index contributed by atoms with van der Waals surface area (Å²) in [5, 5.41) is 5.50. The molecule has 0 spiro atoms. The lowest BCUT2D eigenvalue weighted by atomic mass is 10.1. The lowest BCUT2D eigenvalue weighted by Gasteiger charge is -2.29. The number of ether oxygens (including phenoxy) is 2. The highest BCUT2D eigenvalue weighted by molar-refractivity contribution is 7.92. The molecule has 0 radical (unpaired) electrons. The average Bonchev–Trinajstić information content (AvgIpc) is 3.30. The predicted octanol–water partition coefficient (Wildman–Crippen LogP) is 3.44. The Hall–Kier alpha value is -3.84. The number of hydrogen-bond acceptors (Lipinski definition) is 8. The molecule has 1 aliphatic rings. The molecule has 0 atom stereocenters. The Morgan fingerprint density at radius 2 is 1.91 bits per heavy atom. The van der Waals surface area contributed by atoms with Gasteiger partial charge < -0.3 is 20.1 Å². The Balaban J connectivity index is 1.43. The molecular weight excluding hydrogens is 487 g/mol. The van der Waals surface area contributed by atoms with E-state index in [0.29, 0.717) is 10.8 Å². The minimum atomic E-state index is -4.07. The van der Waals surface area contributed by atoms with E-state index >= 15 is 0 Å². The second-order valence-electron chi connectivity index (χ2n) is 6.97. The topological polar surface area (TPSA) is 126 Å². The van der Waals surface area contributed by atoms with E-state index in [9.17, 15) is 22.4 Å². The number of anilines is 3. The van der Waals surface area contributed by atoms with Gasteiger partial charge in [-0.1, -0.05) is 11.3 Å². The summed E-state index contributed by atoms with van der Waals surface area (Å²) in [6.45, 7) is -0.0869. The van der Waals surface area contributed by atoms with Crippen LogP contribution in [0.5, 0.6) is 10.8 Å². The maximum Gasteiger partial charge on any atom is 0.333 e. The van der Waals surface area contributed by atoms with Crippen LogP contribution in [0.15, 0.2) is 52.7 Å². The summed E-state index contributed by atoms with van der Waals surface area (Å²) in [5.74, 6) is -0.758. The third-order valence-electron chi connectivity index (χ3n) is 4.85. The van der Waals surface area contributed by atoms with Crippen molar-refractivity contribution in [1.29, 1.82) is 0 Å². The molecule has 13 heteroatoms. The van der Waals surface area contributed by atoms with Crippen LogP contribution in [0.1, 0.15) is 10.4 Å². The van der Waals surface area contributed by atoms with Crippen molar-refractivity contribution in [3.8, 4) is 10.8 Å². The molecule has 1 aromatic heterocycles. The van der Waals surface area contributed by atoms with Crippen LogP contribution in [0.25, 0.3) is 0 Å². The predicted molar refractivity (Wildman–Crippen MR) is 125 cm³/mol. The number of urea groups is 1. The highest BCUT2D eigenvalue weighted by Crippen LogP contribution is 2.33. The summed E-state index contributed by atoms with van der Waals surface area (Å²) >= 11 is 0.875. The van der Waals surface area contributed by atoms with Gasteiger partial charge in [-0.25, -0.2) is 22.3 Å². The van der Waals surface area contributed by atoms with E-state index in [-0.39, 0.29) is 33.6 Å². The Labute approximate surface area is 198 Å². The number of rotatable bonds is 6. The van der Waals surface area contributed by atoms with Crippen molar-refractivity contribution in [2.75, 3.05) is 36.4 Å². The first-order valence-electron chi connectivity index (χ1n) is 9.75. The highest BCUT2D eigenvalue weighted by Gasteiger charge is 2.28. The number of halogens is 1. The highest BCUT2D eigenvalue weighted by atomic mass is 32.2. The molecule has 34 heavy (non-hydrogen) atoms. The van der Waals surface area contributed by atoms with Gasteiger partial charge in [-0.3, -0.25) is 9.69 Å². The van der Waals surface area contributed by atoms with Gasteiger partial charge in [0, 0.05) is 24.5 Å². The van der Waals surface area contributed by atoms with E-state index in [1.807, 2.05) is 4.72 Å². The van der Waals surface area contributed by atoms with Gasteiger partial charge in [-0.2, -0.15) is 0 Å². The van der Waals surface area contributed by atoms with Gasteiger partial charge in [0.1, 0.15) is 15.8 Å². The fourth-order valence-corrected chi connectivity index (χ4v) is 5.18. The fourth-order valence-electron chi connectivity index (χ4n) is 3.17. The summed E-state index contributed by atoms with van der Waals surface area (Å²) in [7, 11) is -1.10. The first kappa shape index (κ1) is 23.3. The standard InChI is InChI=1S/C21H19FN4O6S2/c1-23-16-10-17-14(9-15(16)22)20(27)26(11-32-17)13-5-3-12(4-6-13)24-21(28)25-34(29,30)19-8-7-18(31-2)33-19/h3-10,23H,11H2,1-2H3,(H2,24,25,28). The monoisotopic (exact) mass is 506 g/mol. The number of hydrogen-bond donors (Lipinski definition) is 3. The molecule has 3 amide bonds. The van der Waals surface area contributed by atoms with Crippen molar-refractivity contribution < 1.29 is 31.9 Å². The number of nitrogens with zero attached hydrogens (tertiary/aromatic N) is 1. The van der Waals surface area contributed by atoms with Crippen molar-refractivity contribution in [1.82, 2.24) is 4.72 Å². The van der Waals surface area contributed by atoms with Crippen LogP contribution in [0.3, 0.4) is 0 Å². The molecule has 0 fully saturated rings. The molecule has 2 heterocycles. The van der Waals surface area contributed by atoms with Crippen LogP contribution >= 0.6 is 11.3 Å². The van der Waals surface area contributed by atoms with Gasteiger partial charge in [0.05, 0.1) is 18.4 Å². The number of methoxy groups -OCH3 is 1. The zero-order valence-electron chi connectivity index (χ0n) is 17.9. The molecule has 3 aromatic rings. The Morgan fingerprint density at radius 1 is 1.18 bits per heavy atom. The summed E-state index contributed by atoms with van der Waals surface area (Å²) in [6, 6.07) is 10.4. The number of nitrogens with one attached hydrogen (secondary N) is 3. The summed E-state index contributed by atoms with van der Waals surface area (Å²) in [5.41, 5.74) is 1.03. The van der Waals surface area contributed by atoms with E-state index in [1.54, 1.807) is 19.2 Å². The van der Waals surface area contributed by atoms with Gasteiger partial charge in [0.25, 0.3) is 15.9 Å². The molecule has 2 aromatic carbocycles. The lowest BCUT2D eigenvalue weighted by molar-refractivity contribution is 0.0936. The molecule has 178 valence electrons. The SMILES string of the molecule is CNc1cc2c(cc1F)C(=O)N(c1ccc(NC(=O)NS(=O)(=O)c3ccc(OC)s3)cc1)CO2. The number of carbonyl (C=O) groups is 2. The largest absolute Gasteiger partial charge is 0.487 e. The normalized spacial score (nSPS) is 13.0. The molecule has 1 aliphatic heterocycles. The van der Waals surface area contributed by atoms with Crippen LogP contribution in [-0.4, -0.2) is 41.2 Å². The van der Waals surface area contributed by atoms with Gasteiger partial charge in [-0.05, 0) is 42.5 Å². The minimum Gasteiger partial charge on any atom is -0.487 e. The van der Waals surface area contributed by atoms with Crippen molar-refractivity contribution in [2.45, 2.75) is 4.21 Å². The number of carbonyl (C=O) groups excluding carboxylic acids is 2. The second kappa shape index (κ2) is 9.19. The molecule has 0 unspecified atom stereocenters. The maximum absolute atomic E-state index is 14.1. The van der Waals surface area contributed by atoms with Crippen molar-refractivity contribution in [2.24, 2.45) is 0 Å². The molecule has 0 saturated carbocycles. The van der Waals surface area contributed by atoms with Gasteiger partial charge in [-0.15, -0.1) is 0 Å². The molecule has 4 rings (SSSR count). The van der Waals surface area contributed by atoms with Crippen molar-refractivity contribution >= 4 is 50.4 Å². The van der Waals surface area contributed by atoms with E-state index in [2.05, 4.69) is 10.6 Å². The molecule has 3 N–H and O–H groups in total. The maximum atomic E-state index is 14.1. The zero-order valence-corrected chi connectivity index (χ0v) is 19.6. The van der Waals surface area contributed by atoms with Gasteiger partial charge in [0.2, 0.25) is 0 Å². The summed E-state index contributed by atoms with van der Waals surface area (Å²) < 4.78 is 51.2. The van der Waals surface area contributed by atoms with E-state index in [1.165, 1.54) is 42.3 Å². The van der Waals surface area contributed by atoms with Crippen LogP contribution in [0.4, 0.5) is 26.2 Å².